The van der Waals surface area contributed by atoms with Gasteiger partial charge in [0.15, 0.2) is 0 Å². The van der Waals surface area contributed by atoms with Crippen molar-refractivity contribution in [3.63, 3.8) is 0 Å². The standard InChI is InChI=1S/C18H35NOS3/c1-3-4-5-6-7-8-9-10-11-12-16-21-23-22-18(2,17-19)14-13-15-20/h20H,3-16H2,1-2H3. The number of hydrogen-bond donors (Lipinski definition) is 1. The molecule has 0 aromatic heterocycles. The minimum absolute atomic E-state index is 0.175. The summed E-state index contributed by atoms with van der Waals surface area (Å²) in [7, 11) is 5.27. The predicted octanol–water partition coefficient (Wildman–Crippen LogP) is 6.99. The molecule has 0 aromatic carbocycles. The molecule has 0 saturated carbocycles. The van der Waals surface area contributed by atoms with Gasteiger partial charge in [0, 0.05) is 12.4 Å². The van der Waals surface area contributed by atoms with E-state index >= 15 is 0 Å². The molecule has 0 spiro atoms. The van der Waals surface area contributed by atoms with Crippen molar-refractivity contribution in [3.8, 4) is 6.07 Å². The van der Waals surface area contributed by atoms with Gasteiger partial charge in [-0.25, -0.2) is 0 Å². The van der Waals surface area contributed by atoms with E-state index in [9.17, 15) is 5.26 Å². The number of hydrogen-bond acceptors (Lipinski definition) is 5. The average molecular weight is 378 g/mol. The van der Waals surface area contributed by atoms with Crippen molar-refractivity contribution in [2.45, 2.75) is 95.6 Å². The third-order valence-electron chi connectivity index (χ3n) is 3.90. The molecule has 5 heteroatoms. The zero-order valence-electron chi connectivity index (χ0n) is 15.0. The molecular weight excluding hydrogens is 342 g/mol. The number of rotatable bonds is 17. The maximum absolute atomic E-state index is 9.23. The van der Waals surface area contributed by atoms with Gasteiger partial charge in [0.1, 0.15) is 4.75 Å². The Bertz CT molecular complexity index is 296. The Morgan fingerprint density at radius 1 is 0.913 bits per heavy atom. The number of aliphatic hydroxyl groups excluding tert-OH is 1. The van der Waals surface area contributed by atoms with Gasteiger partial charge in [0.25, 0.3) is 0 Å². The van der Waals surface area contributed by atoms with Gasteiger partial charge in [-0.05, 0) is 36.0 Å². The zero-order chi connectivity index (χ0) is 17.2. The van der Waals surface area contributed by atoms with Crippen molar-refractivity contribution in [2.75, 3.05) is 12.4 Å². The third kappa shape index (κ3) is 15.8. The molecule has 0 radical (unpaired) electrons. The van der Waals surface area contributed by atoms with Gasteiger partial charge < -0.3 is 5.11 Å². The minimum atomic E-state index is -0.363. The Morgan fingerprint density at radius 2 is 1.48 bits per heavy atom. The van der Waals surface area contributed by atoms with Gasteiger partial charge in [-0.1, -0.05) is 86.3 Å². The van der Waals surface area contributed by atoms with Crippen molar-refractivity contribution < 1.29 is 5.11 Å². The van der Waals surface area contributed by atoms with Gasteiger partial charge in [0.05, 0.1) is 6.07 Å². The molecule has 0 heterocycles. The van der Waals surface area contributed by atoms with Crippen molar-refractivity contribution in [2.24, 2.45) is 0 Å². The van der Waals surface area contributed by atoms with Crippen molar-refractivity contribution in [3.05, 3.63) is 0 Å². The van der Waals surface area contributed by atoms with Crippen LogP contribution in [0.1, 0.15) is 90.9 Å². The summed E-state index contributed by atoms with van der Waals surface area (Å²) in [6.07, 6.45) is 15.3. The zero-order valence-corrected chi connectivity index (χ0v) is 17.5. The first-order valence-electron chi connectivity index (χ1n) is 9.18. The molecule has 0 aromatic rings. The van der Waals surface area contributed by atoms with Crippen LogP contribution in [-0.4, -0.2) is 22.2 Å². The first kappa shape index (κ1) is 23.5. The Hall–Kier alpha value is 0.500. The van der Waals surface area contributed by atoms with Crippen LogP contribution in [0.15, 0.2) is 0 Å². The predicted molar refractivity (Wildman–Crippen MR) is 110 cm³/mol. The van der Waals surface area contributed by atoms with E-state index in [1.807, 2.05) is 17.7 Å². The minimum Gasteiger partial charge on any atom is -0.396 e. The van der Waals surface area contributed by atoms with E-state index in [2.05, 4.69) is 13.0 Å². The summed E-state index contributed by atoms with van der Waals surface area (Å²) in [5.41, 5.74) is 0. The molecule has 23 heavy (non-hydrogen) atoms. The van der Waals surface area contributed by atoms with Crippen LogP contribution in [0, 0.1) is 11.3 Å². The summed E-state index contributed by atoms with van der Waals surface area (Å²) >= 11 is 0. The summed E-state index contributed by atoms with van der Waals surface area (Å²) in [4.78, 5) is 0. The average Bonchev–Trinajstić information content (AvgIpc) is 2.57. The van der Waals surface area contributed by atoms with Crippen LogP contribution in [0.2, 0.25) is 0 Å². The molecule has 1 unspecified atom stereocenters. The fourth-order valence-electron chi connectivity index (χ4n) is 2.31. The Morgan fingerprint density at radius 3 is 2.00 bits per heavy atom. The third-order valence-corrected chi connectivity index (χ3v) is 8.75. The first-order chi connectivity index (χ1) is 11.2. The summed E-state index contributed by atoms with van der Waals surface area (Å²) < 4.78 is -0.363. The molecule has 0 aliphatic carbocycles. The van der Waals surface area contributed by atoms with Crippen molar-refractivity contribution in [1.29, 1.82) is 5.26 Å². The van der Waals surface area contributed by atoms with Gasteiger partial charge in [-0.3, -0.25) is 0 Å². The SMILES string of the molecule is CCCCCCCCCCCCSSSC(C)(C#N)CCCO. The molecule has 1 atom stereocenters. The van der Waals surface area contributed by atoms with Crippen LogP contribution in [0.4, 0.5) is 0 Å². The molecule has 0 rings (SSSR count). The Balaban J connectivity index is 3.31. The molecule has 2 nitrogen and oxygen atoms in total. The van der Waals surface area contributed by atoms with Crippen LogP contribution in [-0.2, 0) is 0 Å². The van der Waals surface area contributed by atoms with Gasteiger partial charge >= 0.3 is 0 Å². The van der Waals surface area contributed by atoms with E-state index < -0.39 is 0 Å². The monoisotopic (exact) mass is 377 g/mol. The Labute approximate surface area is 155 Å². The molecule has 136 valence electrons. The number of nitriles is 1. The molecule has 0 aliphatic heterocycles. The summed E-state index contributed by atoms with van der Waals surface area (Å²) in [5, 5.41) is 18.1. The van der Waals surface area contributed by atoms with E-state index in [1.54, 1.807) is 20.6 Å². The number of nitrogens with zero attached hydrogens (tertiary/aromatic N) is 1. The van der Waals surface area contributed by atoms with E-state index in [0.29, 0.717) is 6.42 Å². The lowest BCUT2D eigenvalue weighted by Gasteiger charge is -2.18. The fourth-order valence-corrected chi connectivity index (χ4v) is 7.08. The number of unbranched alkanes of at least 4 members (excludes halogenated alkanes) is 9. The maximum Gasteiger partial charge on any atom is 0.111 e. The molecule has 0 saturated heterocycles. The first-order valence-corrected chi connectivity index (χ1v) is 12.8. The molecule has 0 aliphatic rings. The van der Waals surface area contributed by atoms with E-state index in [4.69, 9.17) is 5.11 Å². The summed E-state index contributed by atoms with van der Waals surface area (Å²) in [6.45, 7) is 4.42. The van der Waals surface area contributed by atoms with Crippen LogP contribution in [0.3, 0.4) is 0 Å². The number of aliphatic hydroxyl groups is 1. The lowest BCUT2D eigenvalue weighted by molar-refractivity contribution is 0.282. The molecule has 1 N–H and O–H groups in total. The van der Waals surface area contributed by atoms with E-state index in [0.717, 1.165) is 6.42 Å². The lowest BCUT2D eigenvalue weighted by Crippen LogP contribution is -2.16. The highest BCUT2D eigenvalue weighted by atomic mass is 33.5. The topological polar surface area (TPSA) is 44.0 Å². The molecule has 0 bridgehead atoms. The second kappa shape index (κ2) is 17.3. The van der Waals surface area contributed by atoms with Crippen LogP contribution in [0.25, 0.3) is 0 Å². The van der Waals surface area contributed by atoms with Crippen molar-refractivity contribution >= 4 is 31.4 Å². The quantitative estimate of drug-likeness (QED) is 0.218. The van der Waals surface area contributed by atoms with Gasteiger partial charge in [0.2, 0.25) is 0 Å². The molecule has 0 amide bonds. The van der Waals surface area contributed by atoms with Crippen LogP contribution >= 0.6 is 31.4 Å². The molecular formula is C18H35NOS3. The highest BCUT2D eigenvalue weighted by Crippen LogP contribution is 2.45. The highest BCUT2D eigenvalue weighted by molar-refractivity contribution is 9.09. The second-order valence-corrected chi connectivity index (χ2v) is 11.0. The Kier molecular flexibility index (Phi) is 17.7. The van der Waals surface area contributed by atoms with Gasteiger partial charge in [-0.2, -0.15) is 5.26 Å². The van der Waals surface area contributed by atoms with E-state index in [1.165, 1.54) is 70.0 Å². The van der Waals surface area contributed by atoms with Crippen molar-refractivity contribution in [1.82, 2.24) is 0 Å². The molecule has 0 fully saturated rings. The van der Waals surface area contributed by atoms with Crippen LogP contribution in [0.5, 0.6) is 0 Å². The largest absolute Gasteiger partial charge is 0.396 e. The summed E-state index contributed by atoms with van der Waals surface area (Å²) in [5.74, 6) is 1.18. The normalized spacial score (nSPS) is 13.7. The lowest BCUT2D eigenvalue weighted by atomic mass is 10.1. The van der Waals surface area contributed by atoms with Crippen LogP contribution < -0.4 is 0 Å². The highest BCUT2D eigenvalue weighted by Gasteiger charge is 2.24. The second-order valence-electron chi connectivity index (χ2n) is 6.33. The summed E-state index contributed by atoms with van der Waals surface area (Å²) in [6, 6.07) is 2.37. The smallest absolute Gasteiger partial charge is 0.111 e. The maximum atomic E-state index is 9.23. The van der Waals surface area contributed by atoms with Gasteiger partial charge in [-0.15, -0.1) is 0 Å². The fraction of sp³-hybridized carbons (Fsp3) is 0.944. The van der Waals surface area contributed by atoms with E-state index in [-0.39, 0.29) is 11.4 Å².